The molecule has 3 aromatic rings. The monoisotopic (exact) mass is 515 g/mol. The SMILES string of the molecule is CN(C)CC(=O)N(C)c1ccc(NC(=C2C(=O)Nc3cc([N+](=O)[O-])ccc32)c2ccc3c(c2)OCO3)cc1. The van der Waals surface area contributed by atoms with Gasteiger partial charge in [0.25, 0.3) is 11.6 Å². The highest BCUT2D eigenvalue weighted by atomic mass is 16.7. The molecule has 0 fully saturated rings. The molecule has 2 aliphatic heterocycles. The molecule has 0 unspecified atom stereocenters. The van der Waals surface area contributed by atoms with E-state index in [1.54, 1.807) is 35.0 Å². The van der Waals surface area contributed by atoms with Crippen molar-refractivity contribution in [1.29, 1.82) is 0 Å². The molecule has 2 N–H and O–H groups in total. The van der Waals surface area contributed by atoms with Crippen molar-refractivity contribution >= 4 is 45.8 Å². The second kappa shape index (κ2) is 9.87. The van der Waals surface area contributed by atoms with E-state index in [0.717, 1.165) is 5.69 Å². The average Bonchev–Trinajstić information content (AvgIpc) is 3.49. The van der Waals surface area contributed by atoms with E-state index < -0.39 is 10.8 Å². The van der Waals surface area contributed by atoms with Crippen LogP contribution in [0.2, 0.25) is 0 Å². The minimum Gasteiger partial charge on any atom is -0.454 e. The molecule has 11 heteroatoms. The molecule has 0 spiro atoms. The highest BCUT2D eigenvalue weighted by molar-refractivity contribution is 6.37. The molecule has 0 aromatic heterocycles. The minimum atomic E-state index is -0.507. The quantitative estimate of drug-likeness (QED) is 0.277. The molecular formula is C27H25N5O6. The Kier molecular flexibility index (Phi) is 6.43. The smallest absolute Gasteiger partial charge is 0.271 e. The Morgan fingerprint density at radius 1 is 1.03 bits per heavy atom. The predicted molar refractivity (Wildman–Crippen MR) is 143 cm³/mol. The van der Waals surface area contributed by atoms with Gasteiger partial charge >= 0.3 is 0 Å². The van der Waals surface area contributed by atoms with E-state index in [4.69, 9.17) is 9.47 Å². The number of likely N-dealkylation sites (N-methyl/N-ethyl adjacent to an activating group) is 2. The molecule has 194 valence electrons. The zero-order valence-electron chi connectivity index (χ0n) is 21.0. The number of anilines is 3. The van der Waals surface area contributed by atoms with Crippen molar-refractivity contribution in [2.24, 2.45) is 0 Å². The van der Waals surface area contributed by atoms with E-state index in [1.165, 1.54) is 12.1 Å². The minimum absolute atomic E-state index is 0.0489. The Morgan fingerprint density at radius 3 is 2.47 bits per heavy atom. The lowest BCUT2D eigenvalue weighted by Crippen LogP contribution is -2.34. The van der Waals surface area contributed by atoms with Crippen molar-refractivity contribution in [3.63, 3.8) is 0 Å². The van der Waals surface area contributed by atoms with Gasteiger partial charge in [-0.25, -0.2) is 0 Å². The summed E-state index contributed by atoms with van der Waals surface area (Å²) in [5, 5.41) is 17.3. The van der Waals surface area contributed by atoms with E-state index in [2.05, 4.69) is 10.6 Å². The average molecular weight is 516 g/mol. The number of ether oxygens (including phenoxy) is 2. The summed E-state index contributed by atoms with van der Waals surface area (Å²) in [6.45, 7) is 0.385. The zero-order valence-corrected chi connectivity index (χ0v) is 21.0. The molecule has 0 aliphatic carbocycles. The molecule has 0 saturated heterocycles. The molecule has 2 amide bonds. The van der Waals surface area contributed by atoms with E-state index in [-0.39, 0.29) is 24.9 Å². The third-order valence-corrected chi connectivity index (χ3v) is 6.22. The van der Waals surface area contributed by atoms with Crippen molar-refractivity contribution in [2.45, 2.75) is 0 Å². The van der Waals surface area contributed by atoms with Gasteiger partial charge in [-0.05, 0) is 62.6 Å². The van der Waals surface area contributed by atoms with Crippen molar-refractivity contribution in [2.75, 3.05) is 50.0 Å². The number of nitro groups is 1. The number of nitrogens with one attached hydrogen (secondary N) is 2. The maximum atomic E-state index is 13.2. The van der Waals surface area contributed by atoms with Crippen molar-refractivity contribution < 1.29 is 24.0 Å². The van der Waals surface area contributed by atoms with E-state index in [1.807, 2.05) is 44.4 Å². The van der Waals surface area contributed by atoms with Crippen LogP contribution in [0, 0.1) is 10.1 Å². The Labute approximate surface area is 218 Å². The van der Waals surface area contributed by atoms with Gasteiger partial charge in [0.15, 0.2) is 11.5 Å². The normalized spacial score (nSPS) is 14.7. The maximum Gasteiger partial charge on any atom is 0.271 e. The predicted octanol–water partition coefficient (Wildman–Crippen LogP) is 3.78. The van der Waals surface area contributed by atoms with Gasteiger partial charge in [-0.2, -0.15) is 0 Å². The first-order valence-corrected chi connectivity index (χ1v) is 11.7. The lowest BCUT2D eigenvalue weighted by molar-refractivity contribution is -0.384. The largest absolute Gasteiger partial charge is 0.454 e. The van der Waals surface area contributed by atoms with E-state index in [9.17, 15) is 19.7 Å². The van der Waals surface area contributed by atoms with Gasteiger partial charge in [0.2, 0.25) is 12.7 Å². The number of hydrogen-bond donors (Lipinski definition) is 2. The number of fused-ring (bicyclic) bond motifs is 2. The van der Waals surface area contributed by atoms with Crippen LogP contribution in [0.25, 0.3) is 11.3 Å². The Balaban J connectivity index is 1.55. The van der Waals surface area contributed by atoms with E-state index in [0.29, 0.717) is 45.3 Å². The first-order valence-electron chi connectivity index (χ1n) is 11.7. The molecule has 2 aliphatic rings. The number of non-ortho nitro benzene ring substituents is 1. The van der Waals surface area contributed by atoms with Gasteiger partial charge in [-0.3, -0.25) is 19.7 Å². The maximum absolute atomic E-state index is 13.2. The summed E-state index contributed by atoms with van der Waals surface area (Å²) >= 11 is 0. The second-order valence-corrected chi connectivity index (χ2v) is 9.12. The van der Waals surface area contributed by atoms with Crippen molar-refractivity contribution in [3.05, 3.63) is 81.9 Å². The van der Waals surface area contributed by atoms with Crippen molar-refractivity contribution in [1.82, 2.24) is 4.90 Å². The van der Waals surface area contributed by atoms with E-state index >= 15 is 0 Å². The first kappa shape index (κ1) is 24.8. The Morgan fingerprint density at radius 2 is 1.76 bits per heavy atom. The molecule has 0 saturated carbocycles. The van der Waals surface area contributed by atoms with Crippen LogP contribution in [-0.4, -0.2) is 56.1 Å². The molecule has 3 aromatic carbocycles. The lowest BCUT2D eigenvalue weighted by Gasteiger charge is -2.20. The number of benzene rings is 3. The van der Waals surface area contributed by atoms with Crippen LogP contribution >= 0.6 is 0 Å². The fourth-order valence-corrected chi connectivity index (χ4v) is 4.29. The molecule has 0 atom stereocenters. The molecule has 0 radical (unpaired) electrons. The van der Waals surface area contributed by atoms with Crippen LogP contribution in [0.5, 0.6) is 11.5 Å². The number of hydrogen-bond acceptors (Lipinski definition) is 8. The van der Waals surface area contributed by atoms with Gasteiger partial charge in [-0.1, -0.05) is 0 Å². The Hall–Kier alpha value is -4.90. The lowest BCUT2D eigenvalue weighted by atomic mass is 9.99. The highest BCUT2D eigenvalue weighted by Gasteiger charge is 2.30. The fourth-order valence-electron chi connectivity index (χ4n) is 4.29. The molecule has 2 heterocycles. The summed E-state index contributed by atoms with van der Waals surface area (Å²) in [6, 6.07) is 16.9. The summed E-state index contributed by atoms with van der Waals surface area (Å²) in [5.74, 6) is 0.694. The summed E-state index contributed by atoms with van der Waals surface area (Å²) in [7, 11) is 5.38. The highest BCUT2D eigenvalue weighted by Crippen LogP contribution is 2.41. The summed E-state index contributed by atoms with van der Waals surface area (Å²) in [5.41, 5.74) is 3.64. The zero-order chi connectivity index (χ0) is 27.0. The first-order chi connectivity index (χ1) is 18.2. The van der Waals surface area contributed by atoms with Crippen LogP contribution in [0.3, 0.4) is 0 Å². The summed E-state index contributed by atoms with van der Waals surface area (Å²) in [4.78, 5) is 39.7. The van der Waals surface area contributed by atoms with Gasteiger partial charge in [0.1, 0.15) is 0 Å². The third kappa shape index (κ3) is 4.74. The fraction of sp³-hybridized carbons (Fsp3) is 0.185. The van der Waals surface area contributed by atoms with Gasteiger partial charge in [0, 0.05) is 41.7 Å². The van der Waals surface area contributed by atoms with Gasteiger partial charge < -0.3 is 29.9 Å². The standard InChI is InChI=1S/C27H25N5O6/c1-30(2)14-24(33)31(3)18-7-5-17(6-8-18)28-26(16-4-11-22-23(12-16)38-15-37-22)25-20-10-9-19(32(35)36)13-21(20)29-27(25)34/h4-13,28H,14-15H2,1-3H3,(H,29,34). The Bertz CT molecular complexity index is 1480. The number of rotatable bonds is 7. The van der Waals surface area contributed by atoms with Crippen molar-refractivity contribution in [3.8, 4) is 11.5 Å². The molecule has 38 heavy (non-hydrogen) atoms. The van der Waals surface area contributed by atoms with Crippen LogP contribution in [0.1, 0.15) is 11.1 Å². The summed E-state index contributed by atoms with van der Waals surface area (Å²) < 4.78 is 11.0. The topological polar surface area (TPSA) is 126 Å². The number of nitrogens with zero attached hydrogens (tertiary/aromatic N) is 3. The molecule has 11 nitrogen and oxygen atoms in total. The molecular weight excluding hydrogens is 490 g/mol. The molecule has 0 bridgehead atoms. The third-order valence-electron chi connectivity index (χ3n) is 6.22. The second-order valence-electron chi connectivity index (χ2n) is 9.12. The van der Waals surface area contributed by atoms with Gasteiger partial charge in [-0.15, -0.1) is 0 Å². The number of amides is 2. The van der Waals surface area contributed by atoms with Crippen LogP contribution in [0.15, 0.2) is 60.7 Å². The summed E-state index contributed by atoms with van der Waals surface area (Å²) in [6.07, 6.45) is 0. The number of carbonyl (C=O) groups excluding carboxylic acids is 2. The van der Waals surface area contributed by atoms with Crippen LogP contribution in [0.4, 0.5) is 22.7 Å². The molecule has 5 rings (SSSR count). The van der Waals surface area contributed by atoms with Crippen LogP contribution < -0.4 is 25.0 Å². The number of nitro benzene ring substituents is 1. The number of carbonyl (C=O) groups is 2. The van der Waals surface area contributed by atoms with Gasteiger partial charge in [0.05, 0.1) is 28.4 Å². The van der Waals surface area contributed by atoms with Crippen LogP contribution in [-0.2, 0) is 9.59 Å².